The van der Waals surface area contributed by atoms with Crippen LogP contribution in [0.4, 0.5) is 0 Å². The van der Waals surface area contributed by atoms with E-state index in [1.165, 1.54) is 19.2 Å². The van der Waals surface area contributed by atoms with Crippen molar-refractivity contribution in [3.8, 4) is 11.5 Å². The SMILES string of the molecule is COc1cc(Cl)c(C(=O)N(C(C)C)[C@@H]2CCCNC2)cc1OCCC(=O)O.Cl. The summed E-state index contributed by atoms with van der Waals surface area (Å²) < 4.78 is 10.8. The quantitative estimate of drug-likeness (QED) is 0.652. The molecule has 2 rings (SSSR count). The van der Waals surface area contributed by atoms with E-state index in [0.29, 0.717) is 17.1 Å². The van der Waals surface area contributed by atoms with Crippen LogP contribution in [0, 0.1) is 0 Å². The zero-order chi connectivity index (χ0) is 20.0. The number of carbonyl (C=O) groups excluding carboxylic acids is 1. The Hall–Kier alpha value is -1.70. The zero-order valence-corrected chi connectivity index (χ0v) is 17.9. The third-order valence-corrected chi connectivity index (χ3v) is 4.83. The standard InChI is InChI=1S/C19H27ClN2O5.ClH/c1-12(2)22(13-5-4-7-21-11-13)19(25)14-9-17(27-8-6-18(23)24)16(26-3)10-15(14)20;/h9-10,12-13,21H,4-8,11H2,1-3H3,(H,23,24);1H/t13-;/m1./s1. The lowest BCUT2D eigenvalue weighted by molar-refractivity contribution is -0.137. The summed E-state index contributed by atoms with van der Waals surface area (Å²) in [6, 6.07) is 3.18. The van der Waals surface area contributed by atoms with Gasteiger partial charge in [-0.25, -0.2) is 0 Å². The summed E-state index contributed by atoms with van der Waals surface area (Å²) in [4.78, 5) is 25.8. The van der Waals surface area contributed by atoms with E-state index in [9.17, 15) is 9.59 Å². The normalized spacial score (nSPS) is 16.2. The van der Waals surface area contributed by atoms with Crippen molar-refractivity contribution in [2.75, 3.05) is 26.8 Å². The summed E-state index contributed by atoms with van der Waals surface area (Å²) in [5.41, 5.74) is 0.321. The van der Waals surface area contributed by atoms with E-state index in [2.05, 4.69) is 5.32 Å². The number of amides is 1. The molecule has 1 fully saturated rings. The molecule has 1 atom stereocenters. The maximum atomic E-state index is 13.3. The maximum Gasteiger partial charge on any atom is 0.306 e. The molecule has 28 heavy (non-hydrogen) atoms. The Morgan fingerprint density at radius 1 is 1.36 bits per heavy atom. The second kappa shape index (κ2) is 11.3. The number of aliphatic carboxylic acids is 1. The second-order valence-corrected chi connectivity index (χ2v) is 7.19. The minimum absolute atomic E-state index is 0. The van der Waals surface area contributed by atoms with Gasteiger partial charge in [-0.1, -0.05) is 11.6 Å². The Bertz CT molecular complexity index is 679. The highest BCUT2D eigenvalue weighted by molar-refractivity contribution is 6.34. The number of carboxylic acids is 1. The van der Waals surface area contributed by atoms with Crippen LogP contribution in [0.25, 0.3) is 0 Å². The average Bonchev–Trinajstić information content (AvgIpc) is 2.62. The molecule has 1 aromatic rings. The summed E-state index contributed by atoms with van der Waals surface area (Å²) in [7, 11) is 1.46. The van der Waals surface area contributed by atoms with Crippen LogP contribution in [-0.4, -0.2) is 60.8 Å². The average molecular weight is 435 g/mol. The number of nitrogens with zero attached hydrogens (tertiary/aromatic N) is 1. The molecule has 0 aliphatic carbocycles. The third kappa shape index (κ3) is 6.15. The van der Waals surface area contributed by atoms with Crippen molar-refractivity contribution in [1.29, 1.82) is 0 Å². The van der Waals surface area contributed by atoms with E-state index < -0.39 is 5.97 Å². The molecule has 0 spiro atoms. The number of methoxy groups -OCH3 is 1. The van der Waals surface area contributed by atoms with Crippen LogP contribution in [0.3, 0.4) is 0 Å². The molecule has 158 valence electrons. The van der Waals surface area contributed by atoms with E-state index in [0.717, 1.165) is 25.9 Å². The smallest absolute Gasteiger partial charge is 0.306 e. The van der Waals surface area contributed by atoms with Crippen molar-refractivity contribution < 1.29 is 24.2 Å². The van der Waals surface area contributed by atoms with Crippen molar-refractivity contribution in [2.24, 2.45) is 0 Å². The molecule has 1 saturated heterocycles. The summed E-state index contributed by atoms with van der Waals surface area (Å²) in [6.07, 6.45) is 1.80. The Morgan fingerprint density at radius 2 is 2.07 bits per heavy atom. The monoisotopic (exact) mass is 434 g/mol. The predicted octanol–water partition coefficient (Wildman–Crippen LogP) is 3.23. The molecule has 2 N–H and O–H groups in total. The minimum atomic E-state index is -0.963. The van der Waals surface area contributed by atoms with Gasteiger partial charge in [0.1, 0.15) is 0 Å². The number of carboxylic acid groups (broad SMARTS) is 1. The molecule has 1 heterocycles. The van der Waals surface area contributed by atoms with Crippen LogP contribution in [0.5, 0.6) is 11.5 Å². The Balaban J connectivity index is 0.00000392. The molecule has 0 bridgehead atoms. The van der Waals surface area contributed by atoms with Crippen LogP contribution < -0.4 is 14.8 Å². The third-order valence-electron chi connectivity index (χ3n) is 4.51. The first-order valence-corrected chi connectivity index (χ1v) is 9.48. The Morgan fingerprint density at radius 3 is 2.61 bits per heavy atom. The Kier molecular flexibility index (Phi) is 9.85. The van der Waals surface area contributed by atoms with E-state index in [4.69, 9.17) is 26.2 Å². The van der Waals surface area contributed by atoms with Crippen molar-refractivity contribution in [1.82, 2.24) is 10.2 Å². The van der Waals surface area contributed by atoms with Crippen LogP contribution in [0.1, 0.15) is 43.5 Å². The molecule has 1 aliphatic rings. The van der Waals surface area contributed by atoms with Gasteiger partial charge in [0.25, 0.3) is 5.91 Å². The minimum Gasteiger partial charge on any atom is -0.493 e. The lowest BCUT2D eigenvalue weighted by Crippen LogP contribution is -2.51. The highest BCUT2D eigenvalue weighted by Gasteiger charge is 2.30. The fourth-order valence-corrected chi connectivity index (χ4v) is 3.49. The lowest BCUT2D eigenvalue weighted by Gasteiger charge is -2.38. The van der Waals surface area contributed by atoms with Crippen LogP contribution in [0.15, 0.2) is 12.1 Å². The second-order valence-electron chi connectivity index (χ2n) is 6.78. The molecular formula is C19H28Cl2N2O5. The van der Waals surface area contributed by atoms with Gasteiger partial charge in [0.2, 0.25) is 0 Å². The van der Waals surface area contributed by atoms with E-state index in [1.807, 2.05) is 18.7 Å². The first kappa shape index (κ1) is 24.3. The van der Waals surface area contributed by atoms with Gasteiger partial charge in [0.15, 0.2) is 11.5 Å². The number of hydrogen-bond donors (Lipinski definition) is 2. The molecule has 0 saturated carbocycles. The number of rotatable bonds is 8. The number of ether oxygens (including phenoxy) is 2. The Labute approximate surface area is 176 Å². The molecule has 1 aliphatic heterocycles. The zero-order valence-electron chi connectivity index (χ0n) is 16.4. The fraction of sp³-hybridized carbons (Fsp3) is 0.579. The molecule has 7 nitrogen and oxygen atoms in total. The molecule has 1 amide bonds. The van der Waals surface area contributed by atoms with Crippen LogP contribution >= 0.6 is 24.0 Å². The van der Waals surface area contributed by atoms with E-state index >= 15 is 0 Å². The number of hydrogen-bond acceptors (Lipinski definition) is 5. The van der Waals surface area contributed by atoms with Gasteiger partial charge in [0, 0.05) is 24.7 Å². The molecule has 0 unspecified atom stereocenters. The highest BCUT2D eigenvalue weighted by Crippen LogP contribution is 2.35. The number of piperidine rings is 1. The first-order chi connectivity index (χ1) is 12.8. The summed E-state index contributed by atoms with van der Waals surface area (Å²) in [5.74, 6) is -0.473. The van der Waals surface area contributed by atoms with Gasteiger partial charge in [-0.3, -0.25) is 9.59 Å². The molecule has 0 radical (unpaired) electrons. The van der Waals surface area contributed by atoms with Gasteiger partial charge >= 0.3 is 5.97 Å². The lowest BCUT2D eigenvalue weighted by atomic mass is 10.0. The molecular weight excluding hydrogens is 407 g/mol. The van der Waals surface area contributed by atoms with Gasteiger partial charge in [-0.15, -0.1) is 12.4 Å². The summed E-state index contributed by atoms with van der Waals surface area (Å²) in [6.45, 7) is 5.64. The highest BCUT2D eigenvalue weighted by atomic mass is 35.5. The van der Waals surface area contributed by atoms with Gasteiger partial charge in [-0.05, 0) is 39.3 Å². The molecule has 1 aromatic carbocycles. The van der Waals surface area contributed by atoms with Crippen molar-refractivity contribution >= 4 is 35.9 Å². The molecule has 0 aromatic heterocycles. The largest absolute Gasteiger partial charge is 0.493 e. The number of nitrogens with one attached hydrogen (secondary N) is 1. The first-order valence-electron chi connectivity index (χ1n) is 9.10. The molecule has 9 heteroatoms. The van der Waals surface area contributed by atoms with Gasteiger partial charge < -0.3 is 24.8 Å². The maximum absolute atomic E-state index is 13.3. The van der Waals surface area contributed by atoms with Crippen molar-refractivity contribution in [3.63, 3.8) is 0 Å². The topological polar surface area (TPSA) is 88.1 Å². The van der Waals surface area contributed by atoms with Crippen molar-refractivity contribution in [3.05, 3.63) is 22.7 Å². The summed E-state index contributed by atoms with van der Waals surface area (Å²) >= 11 is 6.35. The summed E-state index contributed by atoms with van der Waals surface area (Å²) in [5, 5.41) is 12.4. The van der Waals surface area contributed by atoms with E-state index in [-0.39, 0.29) is 48.4 Å². The fourth-order valence-electron chi connectivity index (χ4n) is 3.25. The van der Waals surface area contributed by atoms with Gasteiger partial charge in [0.05, 0.1) is 30.7 Å². The predicted molar refractivity (Wildman–Crippen MR) is 110 cm³/mol. The van der Waals surface area contributed by atoms with Crippen LogP contribution in [0.2, 0.25) is 5.02 Å². The van der Waals surface area contributed by atoms with Crippen molar-refractivity contribution in [2.45, 2.75) is 45.2 Å². The van der Waals surface area contributed by atoms with E-state index in [1.54, 1.807) is 0 Å². The number of halogens is 2. The van der Waals surface area contributed by atoms with Gasteiger partial charge in [-0.2, -0.15) is 0 Å². The number of carbonyl (C=O) groups is 2. The number of benzene rings is 1. The van der Waals surface area contributed by atoms with Crippen LogP contribution in [-0.2, 0) is 4.79 Å².